The van der Waals surface area contributed by atoms with E-state index in [-0.39, 0.29) is 18.1 Å². The maximum atomic E-state index is 12.4. The van der Waals surface area contributed by atoms with Crippen LogP contribution >= 0.6 is 0 Å². The number of methoxy groups -OCH3 is 1. The monoisotopic (exact) mass is 438 g/mol. The third-order valence-electron chi connectivity index (χ3n) is 5.07. The number of hydrogen-bond acceptors (Lipinski definition) is 5. The Hall–Kier alpha value is -3.12. The van der Waals surface area contributed by atoms with Gasteiger partial charge in [0.2, 0.25) is 0 Å². The molecule has 2 aromatic carbocycles. The van der Waals surface area contributed by atoms with E-state index in [2.05, 4.69) is 40.0 Å². The van der Waals surface area contributed by atoms with Crippen LogP contribution in [0.4, 0.5) is 5.69 Å². The van der Waals surface area contributed by atoms with E-state index in [9.17, 15) is 13.7 Å². The van der Waals surface area contributed by atoms with E-state index in [0.29, 0.717) is 5.69 Å². The Bertz CT molecular complexity index is 1270. The number of allylic oxidation sites excluding steroid dienone is 1. The molecule has 0 fully saturated rings. The van der Waals surface area contributed by atoms with E-state index in [4.69, 9.17) is 4.74 Å². The maximum Gasteiger partial charge on any atom is 0.250 e. The molecule has 8 heteroatoms. The van der Waals surface area contributed by atoms with Gasteiger partial charge in [0.1, 0.15) is 6.07 Å². The van der Waals surface area contributed by atoms with Gasteiger partial charge in [-0.3, -0.25) is 0 Å². The first-order valence-corrected chi connectivity index (χ1v) is 11.2. The molecular formula is C23H26N4O3S. The van der Waals surface area contributed by atoms with Gasteiger partial charge >= 0.3 is 0 Å². The van der Waals surface area contributed by atoms with Crippen molar-refractivity contribution < 1.29 is 13.2 Å². The molecule has 0 aliphatic heterocycles. The summed E-state index contributed by atoms with van der Waals surface area (Å²) in [5.74, 6) is 0. The highest BCUT2D eigenvalue weighted by molar-refractivity contribution is 7.93. The van der Waals surface area contributed by atoms with Gasteiger partial charge in [-0.1, -0.05) is 18.2 Å². The molecule has 0 atom stereocenters. The largest absolute Gasteiger partial charge is 0.383 e. The summed E-state index contributed by atoms with van der Waals surface area (Å²) in [6, 6.07) is 18.0. The van der Waals surface area contributed by atoms with E-state index < -0.39 is 10.0 Å². The van der Waals surface area contributed by atoms with Crippen LogP contribution in [0.15, 0.2) is 53.4 Å². The summed E-state index contributed by atoms with van der Waals surface area (Å²) < 4.78 is 33.9. The van der Waals surface area contributed by atoms with E-state index in [0.717, 1.165) is 27.7 Å². The van der Waals surface area contributed by atoms with Gasteiger partial charge in [-0.15, -0.1) is 0 Å². The van der Waals surface area contributed by atoms with Gasteiger partial charge in [-0.05, 0) is 52.7 Å². The number of ether oxygens (including phenoxy) is 1. The Labute approximate surface area is 183 Å². The van der Waals surface area contributed by atoms with Crippen LogP contribution in [0, 0.1) is 11.3 Å². The van der Waals surface area contributed by atoms with Crippen LogP contribution in [0.2, 0.25) is 0 Å². The number of nitrogens with one attached hydrogen (secondary N) is 1. The molecule has 7 nitrogen and oxygen atoms in total. The highest BCUT2D eigenvalue weighted by Crippen LogP contribution is 2.28. The van der Waals surface area contributed by atoms with Crippen molar-refractivity contribution in [2.45, 2.75) is 0 Å². The molecule has 0 aliphatic carbocycles. The van der Waals surface area contributed by atoms with E-state index in [1.165, 1.54) is 13.2 Å². The summed E-state index contributed by atoms with van der Waals surface area (Å²) in [5.41, 5.74) is 3.68. The molecule has 0 saturated heterocycles. The van der Waals surface area contributed by atoms with Gasteiger partial charge < -0.3 is 14.2 Å². The number of aromatic nitrogens is 1. The average molecular weight is 439 g/mol. The van der Waals surface area contributed by atoms with Crippen LogP contribution in [0.1, 0.15) is 5.69 Å². The van der Waals surface area contributed by atoms with Crippen molar-refractivity contribution in [3.05, 3.63) is 59.1 Å². The smallest absolute Gasteiger partial charge is 0.250 e. The summed E-state index contributed by atoms with van der Waals surface area (Å²) >= 11 is 0. The molecular weight excluding hydrogens is 412 g/mol. The zero-order valence-corrected chi connectivity index (χ0v) is 18.9. The lowest BCUT2D eigenvalue weighted by atomic mass is 10.0. The number of nitriles is 1. The number of rotatable bonds is 8. The minimum absolute atomic E-state index is 0.100. The van der Waals surface area contributed by atoms with E-state index in [1.54, 1.807) is 12.1 Å². The first-order chi connectivity index (χ1) is 14.8. The summed E-state index contributed by atoms with van der Waals surface area (Å²) in [4.78, 5) is 1.72. The first kappa shape index (κ1) is 22.6. The van der Waals surface area contributed by atoms with Gasteiger partial charge in [-0.25, -0.2) is 13.1 Å². The van der Waals surface area contributed by atoms with Gasteiger partial charge in [0.05, 0.1) is 6.61 Å². The minimum Gasteiger partial charge on any atom is -0.383 e. The molecule has 3 rings (SSSR count). The Morgan fingerprint density at radius 2 is 1.87 bits per heavy atom. The molecule has 3 aromatic rings. The zero-order valence-electron chi connectivity index (χ0n) is 18.1. The van der Waals surface area contributed by atoms with Gasteiger partial charge in [0.25, 0.3) is 10.0 Å². The molecule has 162 valence electrons. The fourth-order valence-electron chi connectivity index (χ4n) is 3.29. The van der Waals surface area contributed by atoms with Crippen molar-refractivity contribution in [1.82, 2.24) is 9.29 Å². The quantitative estimate of drug-likeness (QED) is 0.431. The summed E-state index contributed by atoms with van der Waals surface area (Å²) in [7, 11) is 3.45. The van der Waals surface area contributed by atoms with Crippen LogP contribution < -0.4 is 9.62 Å². The van der Waals surface area contributed by atoms with Gasteiger partial charge in [0.15, 0.2) is 4.91 Å². The predicted molar refractivity (Wildman–Crippen MR) is 125 cm³/mol. The number of nitrogens with zero attached hydrogens (tertiary/aromatic N) is 3. The SMILES string of the molecule is COCCNS(=O)(=O)/C(C#N)=C/c1ccc(-c2ccc3cc(N(C)C)ccc3c2)n1C. The number of benzene rings is 2. The molecule has 0 spiro atoms. The van der Waals surface area contributed by atoms with Crippen LogP contribution in [-0.2, 0) is 21.8 Å². The van der Waals surface area contributed by atoms with Crippen molar-refractivity contribution in [2.75, 3.05) is 39.3 Å². The molecule has 1 N–H and O–H groups in total. The Balaban J connectivity index is 1.94. The summed E-state index contributed by atoms with van der Waals surface area (Å²) in [5, 5.41) is 11.7. The zero-order chi connectivity index (χ0) is 22.6. The normalized spacial score (nSPS) is 12.2. The second-order valence-electron chi connectivity index (χ2n) is 7.35. The van der Waals surface area contributed by atoms with Crippen molar-refractivity contribution in [3.63, 3.8) is 0 Å². The van der Waals surface area contributed by atoms with Crippen LogP contribution in [0.3, 0.4) is 0 Å². The van der Waals surface area contributed by atoms with Crippen molar-refractivity contribution in [2.24, 2.45) is 7.05 Å². The first-order valence-electron chi connectivity index (χ1n) is 9.74. The van der Waals surface area contributed by atoms with Crippen LogP contribution in [-0.4, -0.2) is 47.3 Å². The number of sulfonamides is 1. The number of hydrogen-bond donors (Lipinski definition) is 1. The number of fused-ring (bicyclic) bond motifs is 1. The predicted octanol–water partition coefficient (Wildman–Crippen LogP) is 3.34. The topological polar surface area (TPSA) is 87.4 Å². The molecule has 1 heterocycles. The Morgan fingerprint density at radius 1 is 1.16 bits per heavy atom. The summed E-state index contributed by atoms with van der Waals surface area (Å²) in [6.45, 7) is 0.326. The standard InChI is InChI=1S/C23H26N4O3S/c1-26(2)20-8-7-17-13-19(6-5-18(17)14-20)23-10-9-21(27(23)3)15-22(16-24)31(28,29)25-11-12-30-4/h5-10,13-15,25H,11-12H2,1-4H3/b22-15+. The molecule has 0 saturated carbocycles. The lowest BCUT2D eigenvalue weighted by Crippen LogP contribution is -2.28. The van der Waals surface area contributed by atoms with Crippen LogP contribution in [0.25, 0.3) is 28.1 Å². The molecule has 0 radical (unpaired) electrons. The van der Waals surface area contributed by atoms with Gasteiger partial charge in [0, 0.05) is 51.9 Å². The number of anilines is 1. The van der Waals surface area contributed by atoms with Crippen molar-refractivity contribution in [1.29, 1.82) is 5.26 Å². The Morgan fingerprint density at radius 3 is 2.55 bits per heavy atom. The second-order valence-corrected chi connectivity index (χ2v) is 9.09. The molecule has 1 aromatic heterocycles. The molecule has 0 amide bonds. The molecule has 0 bridgehead atoms. The lowest BCUT2D eigenvalue weighted by Gasteiger charge is -2.13. The summed E-state index contributed by atoms with van der Waals surface area (Å²) in [6.07, 6.45) is 1.38. The fraction of sp³-hybridized carbons (Fsp3) is 0.261. The fourth-order valence-corrected chi connectivity index (χ4v) is 4.20. The third kappa shape index (κ3) is 4.97. The highest BCUT2D eigenvalue weighted by Gasteiger charge is 2.18. The van der Waals surface area contributed by atoms with E-state index in [1.807, 2.05) is 37.8 Å². The molecule has 0 unspecified atom stereocenters. The van der Waals surface area contributed by atoms with Crippen molar-refractivity contribution in [3.8, 4) is 17.3 Å². The minimum atomic E-state index is -3.90. The maximum absolute atomic E-state index is 12.4. The molecule has 31 heavy (non-hydrogen) atoms. The second kappa shape index (κ2) is 9.35. The third-order valence-corrected chi connectivity index (χ3v) is 6.45. The molecule has 0 aliphatic rings. The van der Waals surface area contributed by atoms with Crippen LogP contribution in [0.5, 0.6) is 0 Å². The highest BCUT2D eigenvalue weighted by atomic mass is 32.2. The lowest BCUT2D eigenvalue weighted by molar-refractivity contribution is 0.204. The van der Waals surface area contributed by atoms with E-state index >= 15 is 0 Å². The average Bonchev–Trinajstić information content (AvgIpc) is 3.11. The Kier molecular flexibility index (Phi) is 6.81. The van der Waals surface area contributed by atoms with Gasteiger partial charge in [-0.2, -0.15) is 5.26 Å². The van der Waals surface area contributed by atoms with Crippen molar-refractivity contribution >= 4 is 32.6 Å².